The Morgan fingerprint density at radius 2 is 2.04 bits per heavy atom. The number of hydrogen-bond acceptors (Lipinski definition) is 5. The minimum absolute atomic E-state index is 0.0950. The number of hydrogen-bond donors (Lipinski definition) is 3. The molecule has 1 saturated heterocycles. The third kappa shape index (κ3) is 4.67. The largest absolute Gasteiger partial charge is 0.430 e. The number of aromatic nitrogens is 2. The van der Waals surface area contributed by atoms with E-state index in [-0.39, 0.29) is 6.61 Å². The van der Waals surface area contributed by atoms with E-state index < -0.39 is 31.3 Å². The summed E-state index contributed by atoms with van der Waals surface area (Å²) < 4.78 is 24.1. The van der Waals surface area contributed by atoms with Crippen molar-refractivity contribution in [3.8, 4) is 0 Å². The maximum Gasteiger partial charge on any atom is 0.430 e. The normalized spacial score (nSPS) is 22.4. The molecule has 1 fully saturated rings. The van der Waals surface area contributed by atoms with Gasteiger partial charge in [-0.3, -0.25) is 24.0 Å². The molecule has 25 heavy (non-hydrogen) atoms. The lowest BCUT2D eigenvalue weighted by Crippen LogP contribution is -2.31. The summed E-state index contributed by atoms with van der Waals surface area (Å²) in [5, 5.41) is 2.44. The fourth-order valence-electron chi connectivity index (χ4n) is 2.56. The van der Waals surface area contributed by atoms with Gasteiger partial charge in [-0.15, -0.1) is 0 Å². The molecule has 1 aromatic heterocycles. The summed E-state index contributed by atoms with van der Waals surface area (Å²) >= 11 is 0. The van der Waals surface area contributed by atoms with Crippen LogP contribution in [0.5, 0.6) is 0 Å². The van der Waals surface area contributed by atoms with Gasteiger partial charge in [-0.1, -0.05) is 18.2 Å². The van der Waals surface area contributed by atoms with Gasteiger partial charge >= 0.3 is 13.4 Å². The van der Waals surface area contributed by atoms with Crippen molar-refractivity contribution in [2.45, 2.75) is 25.2 Å². The highest BCUT2D eigenvalue weighted by Gasteiger charge is 2.30. The molecule has 0 bridgehead atoms. The molecule has 0 saturated carbocycles. The van der Waals surface area contributed by atoms with Crippen LogP contribution in [0.2, 0.25) is 0 Å². The molecule has 2 aromatic rings. The lowest BCUT2D eigenvalue weighted by Gasteiger charge is -2.18. The van der Waals surface area contributed by atoms with Crippen molar-refractivity contribution < 1.29 is 18.7 Å². The minimum atomic E-state index is -4.02. The van der Waals surface area contributed by atoms with Crippen LogP contribution in [0.25, 0.3) is 0 Å². The van der Waals surface area contributed by atoms with Gasteiger partial charge in [-0.05, 0) is 25.0 Å². The van der Waals surface area contributed by atoms with Gasteiger partial charge in [0.1, 0.15) is 6.23 Å². The molecule has 3 atom stereocenters. The topological polar surface area (TPSA) is 123 Å². The monoisotopic (exact) mass is 367 g/mol. The van der Waals surface area contributed by atoms with Crippen LogP contribution in [-0.4, -0.2) is 27.2 Å². The minimum Gasteiger partial charge on any atom is -0.352 e. The van der Waals surface area contributed by atoms with Crippen molar-refractivity contribution in [1.82, 2.24) is 9.55 Å². The highest BCUT2D eigenvalue weighted by atomic mass is 31.2. The standard InChI is InChI=1S/C15H18N3O6P/c19-13-8-9-18(15(20)16-13)14-7-6-12(24-14)10-23-25(21,22)17-11-4-2-1-3-5-11/h1-5,8-9,12,14H,6-7,10H2,(H,16,19,20)(H2,17,21,22)/t12-,14+/m0/s1. The Morgan fingerprint density at radius 1 is 1.28 bits per heavy atom. The van der Waals surface area contributed by atoms with Crippen LogP contribution in [0.3, 0.4) is 0 Å². The summed E-state index contributed by atoms with van der Waals surface area (Å²) in [6.07, 6.45) is 1.48. The fraction of sp³-hybridized carbons (Fsp3) is 0.333. The summed E-state index contributed by atoms with van der Waals surface area (Å²) in [7, 11) is -4.02. The number of para-hydroxylation sites is 1. The zero-order chi connectivity index (χ0) is 17.9. The van der Waals surface area contributed by atoms with Crippen LogP contribution >= 0.6 is 7.75 Å². The molecular formula is C15H18N3O6P. The number of nitrogens with one attached hydrogen (secondary N) is 2. The molecule has 2 heterocycles. The third-order valence-electron chi connectivity index (χ3n) is 3.73. The Kier molecular flexibility index (Phi) is 5.19. The first-order chi connectivity index (χ1) is 11.9. The van der Waals surface area contributed by atoms with Gasteiger partial charge in [-0.25, -0.2) is 9.36 Å². The summed E-state index contributed by atoms with van der Waals surface area (Å²) in [6.45, 7) is -0.0950. The number of benzene rings is 1. The lowest BCUT2D eigenvalue weighted by atomic mass is 10.2. The quantitative estimate of drug-likeness (QED) is 0.660. The Morgan fingerprint density at radius 3 is 2.76 bits per heavy atom. The van der Waals surface area contributed by atoms with E-state index in [1.165, 1.54) is 16.8 Å². The van der Waals surface area contributed by atoms with E-state index in [0.717, 1.165) is 0 Å². The maximum atomic E-state index is 12.1. The van der Waals surface area contributed by atoms with Gasteiger partial charge in [0, 0.05) is 18.0 Å². The zero-order valence-electron chi connectivity index (χ0n) is 13.2. The zero-order valence-corrected chi connectivity index (χ0v) is 14.1. The van der Waals surface area contributed by atoms with Crippen LogP contribution in [0.15, 0.2) is 52.2 Å². The number of H-pyrrole nitrogens is 1. The highest BCUT2D eigenvalue weighted by molar-refractivity contribution is 7.54. The predicted octanol–water partition coefficient (Wildman–Crippen LogP) is 1.44. The molecular weight excluding hydrogens is 349 g/mol. The van der Waals surface area contributed by atoms with Crippen molar-refractivity contribution in [1.29, 1.82) is 0 Å². The molecule has 0 spiro atoms. The first kappa shape index (κ1) is 17.6. The van der Waals surface area contributed by atoms with Crippen LogP contribution in [-0.2, 0) is 13.8 Å². The predicted molar refractivity (Wildman–Crippen MR) is 90.3 cm³/mol. The van der Waals surface area contributed by atoms with Gasteiger partial charge in [0.15, 0.2) is 0 Å². The number of nitrogens with zero attached hydrogens (tertiary/aromatic N) is 1. The Hall–Kier alpha value is -2.19. The molecule has 0 radical (unpaired) electrons. The van der Waals surface area contributed by atoms with Crippen molar-refractivity contribution in [3.63, 3.8) is 0 Å². The van der Waals surface area contributed by atoms with Gasteiger partial charge in [0.05, 0.1) is 12.7 Å². The summed E-state index contributed by atoms with van der Waals surface area (Å²) in [6, 6.07) is 9.79. The van der Waals surface area contributed by atoms with E-state index in [2.05, 4.69) is 10.1 Å². The number of anilines is 1. The first-order valence-corrected chi connectivity index (χ1v) is 9.28. The van der Waals surface area contributed by atoms with E-state index in [0.29, 0.717) is 18.5 Å². The number of rotatable bonds is 6. The van der Waals surface area contributed by atoms with Gasteiger partial charge < -0.3 is 9.63 Å². The number of aromatic amines is 1. The van der Waals surface area contributed by atoms with Crippen LogP contribution in [0.4, 0.5) is 5.69 Å². The summed E-state index contributed by atoms with van der Waals surface area (Å²) in [4.78, 5) is 34.9. The van der Waals surface area contributed by atoms with Gasteiger partial charge in [-0.2, -0.15) is 0 Å². The molecule has 1 aromatic carbocycles. The summed E-state index contributed by atoms with van der Waals surface area (Å²) in [5.74, 6) is 0. The van der Waals surface area contributed by atoms with Crippen molar-refractivity contribution in [2.75, 3.05) is 11.7 Å². The number of ether oxygens (including phenoxy) is 1. The van der Waals surface area contributed by atoms with Crippen molar-refractivity contribution >= 4 is 13.4 Å². The first-order valence-electron chi connectivity index (χ1n) is 7.70. The Balaban J connectivity index is 1.55. The van der Waals surface area contributed by atoms with E-state index in [4.69, 9.17) is 9.26 Å². The molecule has 9 nitrogen and oxygen atoms in total. The fourth-order valence-corrected chi connectivity index (χ4v) is 3.47. The van der Waals surface area contributed by atoms with Crippen LogP contribution in [0, 0.1) is 0 Å². The second kappa shape index (κ2) is 7.37. The Bertz CT molecular complexity index is 881. The Labute approximate surface area is 142 Å². The van der Waals surface area contributed by atoms with E-state index in [1.807, 2.05) is 0 Å². The molecule has 3 N–H and O–H groups in total. The molecule has 10 heteroatoms. The molecule has 134 valence electrons. The second-order valence-electron chi connectivity index (χ2n) is 5.60. The summed E-state index contributed by atoms with van der Waals surface area (Å²) in [5.41, 5.74) is -0.566. The molecule has 0 amide bonds. The van der Waals surface area contributed by atoms with Crippen molar-refractivity contribution in [3.05, 3.63) is 63.4 Å². The van der Waals surface area contributed by atoms with Gasteiger partial charge in [0.2, 0.25) is 0 Å². The van der Waals surface area contributed by atoms with Crippen LogP contribution < -0.4 is 16.3 Å². The van der Waals surface area contributed by atoms with Crippen LogP contribution in [0.1, 0.15) is 19.1 Å². The van der Waals surface area contributed by atoms with E-state index >= 15 is 0 Å². The SMILES string of the molecule is O=c1ccn([C@H]2CC[C@@H](COP(=O)(O)Nc3ccccc3)O2)c(=O)[nH]1. The molecule has 1 aliphatic rings. The van der Waals surface area contributed by atoms with E-state index in [1.54, 1.807) is 30.3 Å². The molecule has 3 rings (SSSR count). The van der Waals surface area contributed by atoms with E-state index in [9.17, 15) is 19.0 Å². The van der Waals surface area contributed by atoms with Crippen molar-refractivity contribution in [2.24, 2.45) is 0 Å². The highest BCUT2D eigenvalue weighted by Crippen LogP contribution is 2.43. The smallest absolute Gasteiger partial charge is 0.352 e. The maximum absolute atomic E-state index is 12.1. The van der Waals surface area contributed by atoms with Gasteiger partial charge in [0.25, 0.3) is 5.56 Å². The molecule has 1 aliphatic heterocycles. The average molecular weight is 367 g/mol. The molecule has 0 aliphatic carbocycles. The average Bonchev–Trinajstić information content (AvgIpc) is 3.02. The molecule has 1 unspecified atom stereocenters. The third-order valence-corrected chi connectivity index (χ3v) is 4.77. The second-order valence-corrected chi connectivity index (χ2v) is 7.12. The lowest BCUT2D eigenvalue weighted by molar-refractivity contribution is -0.0213.